The lowest BCUT2D eigenvalue weighted by atomic mass is 10.3. The van der Waals surface area contributed by atoms with Gasteiger partial charge in [-0.25, -0.2) is 15.0 Å². The van der Waals surface area contributed by atoms with E-state index in [9.17, 15) is 0 Å². The van der Waals surface area contributed by atoms with E-state index < -0.39 is 0 Å². The van der Waals surface area contributed by atoms with E-state index in [1.54, 1.807) is 18.0 Å². The Morgan fingerprint density at radius 1 is 1.30 bits per heavy atom. The highest BCUT2D eigenvalue weighted by atomic mass is 127. The van der Waals surface area contributed by atoms with Crippen molar-refractivity contribution < 1.29 is 4.74 Å². The van der Waals surface area contributed by atoms with Crippen LogP contribution in [0.1, 0.15) is 18.3 Å². The van der Waals surface area contributed by atoms with Crippen LogP contribution < -0.4 is 15.4 Å². The van der Waals surface area contributed by atoms with Gasteiger partial charge in [0.15, 0.2) is 5.96 Å². The summed E-state index contributed by atoms with van der Waals surface area (Å²) < 4.78 is 6.76. The third kappa shape index (κ3) is 6.00. The van der Waals surface area contributed by atoms with E-state index in [-0.39, 0.29) is 24.0 Å². The lowest BCUT2D eigenvalue weighted by Crippen LogP contribution is -2.37. The molecule has 0 radical (unpaired) electrons. The first-order valence-corrected chi connectivity index (χ1v) is 7.07. The van der Waals surface area contributed by atoms with Crippen LogP contribution in [-0.4, -0.2) is 39.4 Å². The van der Waals surface area contributed by atoms with Gasteiger partial charge < -0.3 is 15.4 Å². The molecule has 126 valence electrons. The molecule has 0 bridgehead atoms. The van der Waals surface area contributed by atoms with Crippen LogP contribution in [-0.2, 0) is 20.1 Å². The Bertz CT molecular complexity index is 612. The van der Waals surface area contributed by atoms with Crippen LogP contribution in [0.3, 0.4) is 0 Å². The van der Waals surface area contributed by atoms with Crippen molar-refractivity contribution in [3.63, 3.8) is 0 Å². The molecule has 2 aromatic rings. The molecule has 23 heavy (non-hydrogen) atoms. The second kappa shape index (κ2) is 9.98. The number of methoxy groups -OCH3 is 1. The molecule has 0 unspecified atom stereocenters. The van der Waals surface area contributed by atoms with E-state index in [1.165, 1.54) is 6.33 Å². The smallest absolute Gasteiger partial charge is 0.212 e. The number of halogens is 1. The number of aromatic nitrogens is 4. The van der Waals surface area contributed by atoms with Crippen LogP contribution in [0.4, 0.5) is 0 Å². The van der Waals surface area contributed by atoms with Crippen LogP contribution in [0.2, 0.25) is 0 Å². The number of nitrogens with zero attached hydrogens (tertiary/aromatic N) is 5. The molecule has 0 amide bonds. The molecular weight excluding hydrogens is 409 g/mol. The molecule has 0 saturated carbocycles. The highest BCUT2D eigenvalue weighted by molar-refractivity contribution is 14.0. The molecule has 0 aliphatic rings. The van der Waals surface area contributed by atoms with E-state index in [0.717, 1.165) is 23.9 Å². The molecule has 0 spiro atoms. The summed E-state index contributed by atoms with van der Waals surface area (Å²) in [5, 5.41) is 10.5. The zero-order valence-corrected chi connectivity index (χ0v) is 15.8. The highest BCUT2D eigenvalue weighted by Crippen LogP contribution is 2.07. The van der Waals surface area contributed by atoms with Gasteiger partial charge in [0.25, 0.3) is 0 Å². The first kappa shape index (κ1) is 19.1. The van der Waals surface area contributed by atoms with Gasteiger partial charge in [-0.3, -0.25) is 4.68 Å². The van der Waals surface area contributed by atoms with Gasteiger partial charge in [-0.1, -0.05) is 6.07 Å². The molecule has 0 aliphatic carbocycles. The number of pyridine rings is 1. The molecule has 2 N–H and O–H groups in total. The van der Waals surface area contributed by atoms with Crippen LogP contribution in [0.5, 0.6) is 5.88 Å². The molecule has 0 fully saturated rings. The van der Waals surface area contributed by atoms with E-state index in [4.69, 9.17) is 4.74 Å². The summed E-state index contributed by atoms with van der Waals surface area (Å²) in [6.45, 7) is 3.90. The third-order valence-electron chi connectivity index (χ3n) is 2.99. The SMILES string of the molecule is CCNC(=NCc1ccc(OC)nc1)NCc1ncnn1C.I. The molecule has 8 nitrogen and oxygen atoms in total. The number of guanidine groups is 1. The van der Waals surface area contributed by atoms with Crippen molar-refractivity contribution in [3.8, 4) is 5.88 Å². The van der Waals surface area contributed by atoms with Gasteiger partial charge >= 0.3 is 0 Å². The summed E-state index contributed by atoms with van der Waals surface area (Å²) in [5.41, 5.74) is 1.01. The minimum atomic E-state index is 0. The second-order valence-corrected chi connectivity index (χ2v) is 4.56. The number of aliphatic imine (C=N–C) groups is 1. The largest absolute Gasteiger partial charge is 0.481 e. The number of hydrogen-bond acceptors (Lipinski definition) is 5. The van der Waals surface area contributed by atoms with Crippen LogP contribution in [0.25, 0.3) is 0 Å². The Balaban J connectivity index is 0.00000264. The molecule has 2 rings (SSSR count). The predicted molar refractivity (Wildman–Crippen MR) is 98.9 cm³/mol. The Kier molecular flexibility index (Phi) is 8.30. The van der Waals surface area contributed by atoms with E-state index >= 15 is 0 Å². The molecule has 2 aromatic heterocycles. The first-order valence-electron chi connectivity index (χ1n) is 7.07. The molecule has 0 aliphatic heterocycles. The highest BCUT2D eigenvalue weighted by Gasteiger charge is 2.03. The zero-order chi connectivity index (χ0) is 15.8. The Labute approximate surface area is 152 Å². The third-order valence-corrected chi connectivity index (χ3v) is 2.99. The molecule has 0 atom stereocenters. The van der Waals surface area contributed by atoms with Crippen molar-refractivity contribution in [1.29, 1.82) is 0 Å². The molecule has 0 aromatic carbocycles. The van der Waals surface area contributed by atoms with E-state index in [2.05, 4.69) is 30.7 Å². The lowest BCUT2D eigenvalue weighted by Gasteiger charge is -2.10. The predicted octanol–water partition coefficient (Wildman–Crippen LogP) is 1.09. The number of ether oxygens (including phenoxy) is 1. The summed E-state index contributed by atoms with van der Waals surface area (Å²) in [7, 11) is 3.46. The quantitative estimate of drug-likeness (QED) is 0.405. The Morgan fingerprint density at radius 2 is 2.13 bits per heavy atom. The van der Waals surface area contributed by atoms with E-state index in [1.807, 2.05) is 26.1 Å². The van der Waals surface area contributed by atoms with Crippen molar-refractivity contribution in [3.05, 3.63) is 36.0 Å². The minimum Gasteiger partial charge on any atom is -0.481 e. The summed E-state index contributed by atoms with van der Waals surface area (Å²) in [5.74, 6) is 2.16. The summed E-state index contributed by atoms with van der Waals surface area (Å²) in [6, 6.07) is 3.77. The van der Waals surface area contributed by atoms with E-state index in [0.29, 0.717) is 19.0 Å². The average molecular weight is 431 g/mol. The van der Waals surface area contributed by atoms with Gasteiger partial charge in [0.1, 0.15) is 12.2 Å². The standard InChI is InChI=1S/C14H21N7O.HI/c1-4-15-14(18-9-12-19-10-20-21(12)2)17-8-11-5-6-13(22-3)16-7-11;/h5-7,10H,4,8-9H2,1-3H3,(H2,15,17,18);1H. The molecule has 0 saturated heterocycles. The van der Waals surface area contributed by atoms with Gasteiger partial charge in [0, 0.05) is 25.9 Å². The van der Waals surface area contributed by atoms with Crippen molar-refractivity contribution in [2.75, 3.05) is 13.7 Å². The fraction of sp³-hybridized carbons (Fsp3) is 0.429. The van der Waals surface area contributed by atoms with Crippen LogP contribution in [0.15, 0.2) is 29.6 Å². The number of aryl methyl sites for hydroxylation is 1. The summed E-state index contributed by atoms with van der Waals surface area (Å²) >= 11 is 0. The van der Waals surface area contributed by atoms with Crippen molar-refractivity contribution in [2.24, 2.45) is 12.0 Å². The number of nitrogens with one attached hydrogen (secondary N) is 2. The molecular formula is C14H22IN7O. The maximum absolute atomic E-state index is 5.04. The molecule has 2 heterocycles. The van der Waals surface area contributed by atoms with Crippen molar-refractivity contribution in [1.82, 2.24) is 30.4 Å². The van der Waals surface area contributed by atoms with Crippen LogP contribution in [0, 0.1) is 0 Å². The van der Waals surface area contributed by atoms with Gasteiger partial charge in [0.2, 0.25) is 5.88 Å². The fourth-order valence-corrected chi connectivity index (χ4v) is 1.78. The summed E-state index contributed by atoms with van der Waals surface area (Å²) in [6.07, 6.45) is 3.29. The van der Waals surface area contributed by atoms with Gasteiger partial charge in [0.05, 0.1) is 20.2 Å². The Hall–Kier alpha value is -1.91. The number of hydrogen-bond donors (Lipinski definition) is 2. The maximum Gasteiger partial charge on any atom is 0.212 e. The molecule has 9 heteroatoms. The lowest BCUT2D eigenvalue weighted by molar-refractivity contribution is 0.397. The first-order chi connectivity index (χ1) is 10.7. The fourth-order valence-electron chi connectivity index (χ4n) is 1.78. The second-order valence-electron chi connectivity index (χ2n) is 4.56. The topological polar surface area (TPSA) is 89.2 Å². The zero-order valence-electron chi connectivity index (χ0n) is 13.5. The van der Waals surface area contributed by atoms with Crippen LogP contribution >= 0.6 is 24.0 Å². The van der Waals surface area contributed by atoms with Gasteiger partial charge in [-0.05, 0) is 12.5 Å². The maximum atomic E-state index is 5.04. The normalized spacial score (nSPS) is 10.8. The summed E-state index contributed by atoms with van der Waals surface area (Å²) in [4.78, 5) is 12.9. The van der Waals surface area contributed by atoms with Gasteiger partial charge in [-0.2, -0.15) is 5.10 Å². The van der Waals surface area contributed by atoms with Crippen molar-refractivity contribution >= 4 is 29.9 Å². The monoisotopic (exact) mass is 431 g/mol. The minimum absolute atomic E-state index is 0. The van der Waals surface area contributed by atoms with Gasteiger partial charge in [-0.15, -0.1) is 24.0 Å². The van der Waals surface area contributed by atoms with Crippen molar-refractivity contribution in [2.45, 2.75) is 20.0 Å². The number of rotatable bonds is 6. The Morgan fingerprint density at radius 3 is 2.70 bits per heavy atom. The average Bonchev–Trinajstić information content (AvgIpc) is 2.96.